The molecule has 12 nitrogen and oxygen atoms in total. The summed E-state index contributed by atoms with van der Waals surface area (Å²) in [7, 11) is -2.73. The molecular weight excluding hydrogens is 540 g/mol. The topological polar surface area (TPSA) is 155 Å². The molecule has 1 fully saturated rings. The number of rotatable bonds is 13. The van der Waals surface area contributed by atoms with Crippen LogP contribution >= 0.6 is 0 Å². The van der Waals surface area contributed by atoms with Crippen LogP contribution in [-0.4, -0.2) is 85.7 Å². The second-order valence-electron chi connectivity index (χ2n) is 10.9. The third-order valence-corrected chi connectivity index (χ3v) is 8.63. The van der Waals surface area contributed by atoms with Crippen molar-refractivity contribution in [1.82, 2.24) is 20.0 Å². The van der Waals surface area contributed by atoms with Crippen molar-refractivity contribution in [2.45, 2.75) is 82.8 Å². The van der Waals surface area contributed by atoms with Gasteiger partial charge in [-0.2, -0.15) is 4.31 Å². The normalized spacial score (nSPS) is 15.4. The summed E-state index contributed by atoms with van der Waals surface area (Å²) >= 11 is 0. The Morgan fingerprint density at radius 3 is 2.30 bits per heavy atom. The van der Waals surface area contributed by atoms with Crippen molar-refractivity contribution in [3.8, 4) is 5.75 Å². The highest BCUT2D eigenvalue weighted by atomic mass is 32.2. The maximum atomic E-state index is 13.7. The lowest BCUT2D eigenvalue weighted by Gasteiger charge is -2.34. The summed E-state index contributed by atoms with van der Waals surface area (Å²) < 4.78 is 38.7. The van der Waals surface area contributed by atoms with Crippen LogP contribution in [0.1, 0.15) is 66.2 Å². The zero-order valence-electron chi connectivity index (χ0n) is 24.1. The molecule has 0 aromatic heterocycles. The van der Waals surface area contributed by atoms with E-state index >= 15 is 0 Å². The van der Waals surface area contributed by atoms with Gasteiger partial charge in [0.05, 0.1) is 12.0 Å². The van der Waals surface area contributed by atoms with Crippen LogP contribution in [-0.2, 0) is 24.3 Å². The zero-order valence-corrected chi connectivity index (χ0v) is 25.0. The fraction of sp³-hybridized carbons (Fsp3) is 0.667. The number of ether oxygens (including phenoxy) is 2. The third-order valence-electron chi connectivity index (χ3n) is 6.70. The lowest BCUT2D eigenvalue weighted by Crippen LogP contribution is -2.50. The number of piperidine rings is 1. The van der Waals surface area contributed by atoms with Crippen LogP contribution in [0.5, 0.6) is 5.75 Å². The first-order valence-electron chi connectivity index (χ1n) is 13.7. The number of unbranched alkanes of at least 4 members (excludes halogenated alkanes) is 1. The Kier molecular flexibility index (Phi) is 12.7. The molecule has 1 heterocycles. The number of amides is 3. The van der Waals surface area contributed by atoms with Crippen LogP contribution in [0.4, 0.5) is 4.79 Å². The molecule has 1 saturated heterocycles. The van der Waals surface area contributed by atoms with Crippen LogP contribution < -0.4 is 15.5 Å². The fourth-order valence-corrected chi connectivity index (χ4v) is 6.12. The van der Waals surface area contributed by atoms with E-state index < -0.39 is 33.7 Å². The van der Waals surface area contributed by atoms with Gasteiger partial charge in [-0.3, -0.25) is 14.8 Å². The van der Waals surface area contributed by atoms with Crippen molar-refractivity contribution in [1.29, 1.82) is 0 Å². The molecular formula is C27H44N4O8S. The molecule has 1 aromatic carbocycles. The van der Waals surface area contributed by atoms with E-state index in [0.717, 1.165) is 4.31 Å². The smallest absolute Gasteiger partial charge is 0.407 e. The van der Waals surface area contributed by atoms with Gasteiger partial charge in [0.2, 0.25) is 15.9 Å². The molecule has 226 valence electrons. The summed E-state index contributed by atoms with van der Waals surface area (Å²) in [5, 5.41) is 12.1. The lowest BCUT2D eigenvalue weighted by molar-refractivity contribution is -0.135. The number of likely N-dealkylation sites (tertiary alicyclic amines) is 1. The van der Waals surface area contributed by atoms with Crippen LogP contribution in [0, 0.1) is 5.92 Å². The molecule has 1 unspecified atom stereocenters. The average molecular weight is 585 g/mol. The molecule has 0 aliphatic carbocycles. The summed E-state index contributed by atoms with van der Waals surface area (Å²) in [6.45, 7) is 8.46. The molecule has 1 aromatic rings. The number of hydrogen-bond acceptors (Lipinski definition) is 8. The first-order valence-corrected chi connectivity index (χ1v) is 15.1. The van der Waals surface area contributed by atoms with Crippen LogP contribution in [0.3, 0.4) is 0 Å². The van der Waals surface area contributed by atoms with Gasteiger partial charge in [0, 0.05) is 32.6 Å². The molecule has 1 aliphatic rings. The average Bonchev–Trinajstić information content (AvgIpc) is 2.92. The fourth-order valence-electron chi connectivity index (χ4n) is 4.50. The number of carbonyl (C=O) groups excluding carboxylic acids is 3. The summed E-state index contributed by atoms with van der Waals surface area (Å²) in [5.41, 5.74) is 1.00. The highest BCUT2D eigenvalue weighted by Crippen LogP contribution is 2.25. The van der Waals surface area contributed by atoms with Gasteiger partial charge in [0.1, 0.15) is 17.4 Å². The van der Waals surface area contributed by atoms with Gasteiger partial charge in [-0.1, -0.05) is 19.8 Å². The number of alkyl carbamates (subject to hydrolysis) is 1. The Labute approximate surface area is 237 Å². The summed E-state index contributed by atoms with van der Waals surface area (Å²) in [6, 6.07) is 4.59. The predicted octanol–water partition coefficient (Wildman–Crippen LogP) is 2.90. The second-order valence-corrected chi connectivity index (χ2v) is 12.8. The molecule has 0 radical (unpaired) electrons. The Morgan fingerprint density at radius 2 is 1.77 bits per heavy atom. The summed E-state index contributed by atoms with van der Waals surface area (Å²) in [5.74, 6) is -0.417. The minimum atomic E-state index is -4.19. The van der Waals surface area contributed by atoms with Gasteiger partial charge >= 0.3 is 6.09 Å². The van der Waals surface area contributed by atoms with Gasteiger partial charge in [-0.15, -0.1) is 0 Å². The van der Waals surface area contributed by atoms with Crippen molar-refractivity contribution in [2.24, 2.45) is 5.92 Å². The number of sulfonamides is 1. The van der Waals surface area contributed by atoms with E-state index in [9.17, 15) is 28.0 Å². The molecule has 40 heavy (non-hydrogen) atoms. The Morgan fingerprint density at radius 1 is 1.15 bits per heavy atom. The molecule has 0 saturated carbocycles. The highest BCUT2D eigenvalue weighted by Gasteiger charge is 2.36. The minimum absolute atomic E-state index is 0.0497. The van der Waals surface area contributed by atoms with Crippen molar-refractivity contribution >= 4 is 27.9 Å². The molecule has 0 bridgehead atoms. The maximum absolute atomic E-state index is 13.7. The highest BCUT2D eigenvalue weighted by molar-refractivity contribution is 7.89. The first-order chi connectivity index (χ1) is 18.8. The van der Waals surface area contributed by atoms with E-state index in [-0.39, 0.29) is 36.1 Å². The summed E-state index contributed by atoms with van der Waals surface area (Å²) in [6.07, 6.45) is 2.20. The van der Waals surface area contributed by atoms with Crippen LogP contribution in [0.2, 0.25) is 0 Å². The summed E-state index contributed by atoms with van der Waals surface area (Å²) in [4.78, 5) is 39.2. The number of nitrogens with zero attached hydrogens (tertiary/aromatic N) is 2. The van der Waals surface area contributed by atoms with Crippen molar-refractivity contribution in [2.75, 3.05) is 33.3 Å². The largest absolute Gasteiger partial charge is 0.497 e. The number of nitrogens with one attached hydrogen (secondary N) is 2. The van der Waals surface area contributed by atoms with Gasteiger partial charge in [-0.25, -0.2) is 18.7 Å². The van der Waals surface area contributed by atoms with Crippen molar-refractivity contribution in [3.63, 3.8) is 0 Å². The number of hydrogen-bond donors (Lipinski definition) is 3. The number of hydroxylamine groups is 1. The number of carbonyl (C=O) groups is 3. The SMILES string of the molecule is CCCCC(C(=O)NO)N(CCC(=O)N1CCC(CNC(=O)OC(C)(C)C)CC1)S(=O)(=O)c1ccc(OC)cc1. The van der Waals surface area contributed by atoms with Crippen LogP contribution in [0.25, 0.3) is 0 Å². The molecule has 2 rings (SSSR count). The second kappa shape index (κ2) is 15.2. The molecule has 3 N–H and O–H groups in total. The predicted molar refractivity (Wildman–Crippen MR) is 148 cm³/mol. The lowest BCUT2D eigenvalue weighted by atomic mass is 9.96. The number of methoxy groups -OCH3 is 1. The third kappa shape index (κ3) is 9.93. The Balaban J connectivity index is 2.08. The van der Waals surface area contributed by atoms with Crippen molar-refractivity contribution in [3.05, 3.63) is 24.3 Å². The van der Waals surface area contributed by atoms with E-state index in [1.54, 1.807) is 31.2 Å². The van der Waals surface area contributed by atoms with Crippen molar-refractivity contribution < 1.29 is 37.5 Å². The van der Waals surface area contributed by atoms with Gasteiger partial charge < -0.3 is 19.7 Å². The first kappa shape index (κ1) is 33.3. The molecule has 13 heteroatoms. The van der Waals surface area contributed by atoms with E-state index in [4.69, 9.17) is 9.47 Å². The van der Waals surface area contributed by atoms with Gasteiger partial charge in [0.25, 0.3) is 5.91 Å². The maximum Gasteiger partial charge on any atom is 0.407 e. The van der Waals surface area contributed by atoms with E-state index in [0.29, 0.717) is 51.1 Å². The Bertz CT molecular complexity index is 1080. The molecule has 3 amide bonds. The van der Waals surface area contributed by atoms with Crippen LogP contribution in [0.15, 0.2) is 29.2 Å². The molecule has 0 spiro atoms. The molecule has 1 aliphatic heterocycles. The monoisotopic (exact) mass is 584 g/mol. The van der Waals surface area contributed by atoms with Gasteiger partial charge in [-0.05, 0) is 70.2 Å². The zero-order chi connectivity index (χ0) is 29.9. The number of benzene rings is 1. The van der Waals surface area contributed by atoms with Gasteiger partial charge in [0.15, 0.2) is 0 Å². The minimum Gasteiger partial charge on any atom is -0.497 e. The quantitative estimate of drug-likeness (QED) is 0.236. The van der Waals surface area contributed by atoms with E-state index in [1.807, 2.05) is 6.92 Å². The molecule has 1 atom stereocenters. The Hall–Kier alpha value is -2.90. The van der Waals surface area contributed by atoms with E-state index in [1.165, 1.54) is 31.4 Å². The van der Waals surface area contributed by atoms with E-state index in [2.05, 4.69) is 5.32 Å². The standard InChI is InChI=1S/C27H44N4O8S/c1-6-7-8-23(25(33)29-35)31(40(36,37)22-11-9-21(38-5)10-12-22)18-15-24(32)30-16-13-20(14-17-30)19-28-26(34)39-27(2,3)4/h9-12,20,23,35H,6-8,13-19H2,1-5H3,(H,28,34)(H,29,33).